The van der Waals surface area contributed by atoms with Crippen molar-refractivity contribution in [2.45, 2.75) is 25.8 Å². The highest BCUT2D eigenvalue weighted by atomic mass is 16.5. The number of hydrogen-bond donors (Lipinski definition) is 3. The molecule has 1 aliphatic rings. The maximum absolute atomic E-state index is 12.4. The highest BCUT2D eigenvalue weighted by Gasteiger charge is 2.23. The Morgan fingerprint density at radius 2 is 1.88 bits per heavy atom. The molecule has 0 spiro atoms. The standard InChI is InChI=1S/C24H25N5O4/c1-15-14-27-10-11-29(15)22(30)8-9-23(31)33-17-4-2-16(3-5-17)32-18-6-7-21-19(12-18)20(13-25)24(26)28-21/h2-7,12,15,27-28H,8-11,14,26H2,1H3. The van der Waals surface area contributed by atoms with Crippen LogP contribution in [-0.2, 0) is 9.59 Å². The molecular formula is C24H25N5O4. The van der Waals surface area contributed by atoms with E-state index in [0.29, 0.717) is 40.6 Å². The molecule has 2 heterocycles. The van der Waals surface area contributed by atoms with Crippen molar-refractivity contribution in [3.8, 4) is 23.3 Å². The Bertz CT molecular complexity index is 1210. The van der Waals surface area contributed by atoms with Gasteiger partial charge >= 0.3 is 5.97 Å². The number of carbonyl (C=O) groups excluding carboxylic acids is 2. The zero-order valence-electron chi connectivity index (χ0n) is 18.3. The first kappa shape index (κ1) is 22.2. The predicted molar refractivity (Wildman–Crippen MR) is 123 cm³/mol. The van der Waals surface area contributed by atoms with E-state index in [9.17, 15) is 14.9 Å². The molecule has 1 fully saturated rings. The van der Waals surface area contributed by atoms with E-state index in [-0.39, 0.29) is 24.8 Å². The van der Waals surface area contributed by atoms with Crippen molar-refractivity contribution in [1.82, 2.24) is 15.2 Å². The van der Waals surface area contributed by atoms with Gasteiger partial charge in [-0.05, 0) is 49.4 Å². The summed E-state index contributed by atoms with van der Waals surface area (Å²) >= 11 is 0. The Labute approximate surface area is 191 Å². The zero-order chi connectivity index (χ0) is 23.4. The zero-order valence-corrected chi connectivity index (χ0v) is 18.3. The molecule has 170 valence electrons. The molecule has 9 heteroatoms. The van der Waals surface area contributed by atoms with Crippen LogP contribution in [0.3, 0.4) is 0 Å². The van der Waals surface area contributed by atoms with Crippen LogP contribution in [-0.4, -0.2) is 47.4 Å². The molecule has 1 atom stereocenters. The first-order valence-electron chi connectivity index (χ1n) is 10.7. The average molecular weight is 447 g/mol. The van der Waals surface area contributed by atoms with Gasteiger partial charge < -0.3 is 30.4 Å². The number of anilines is 1. The molecule has 2 aromatic carbocycles. The Morgan fingerprint density at radius 3 is 2.61 bits per heavy atom. The first-order valence-corrected chi connectivity index (χ1v) is 10.7. The van der Waals surface area contributed by atoms with Crippen LogP contribution in [0.25, 0.3) is 10.9 Å². The number of carbonyl (C=O) groups is 2. The van der Waals surface area contributed by atoms with Crippen LogP contribution in [0.4, 0.5) is 5.82 Å². The quantitative estimate of drug-likeness (QED) is 0.391. The SMILES string of the molecule is CC1CNCCN1C(=O)CCC(=O)Oc1ccc(Oc2ccc3[nH]c(N)c(C#N)c3c2)cc1. The molecular weight excluding hydrogens is 422 g/mol. The van der Waals surface area contributed by atoms with E-state index >= 15 is 0 Å². The van der Waals surface area contributed by atoms with Gasteiger partial charge in [0.1, 0.15) is 34.7 Å². The largest absolute Gasteiger partial charge is 0.457 e. The lowest BCUT2D eigenvalue weighted by Gasteiger charge is -2.34. The number of H-pyrrole nitrogens is 1. The van der Waals surface area contributed by atoms with Gasteiger partial charge in [-0.2, -0.15) is 5.26 Å². The molecule has 0 saturated carbocycles. The average Bonchev–Trinajstić information content (AvgIpc) is 3.13. The topological polar surface area (TPSA) is 133 Å². The summed E-state index contributed by atoms with van der Waals surface area (Å²) in [6.07, 6.45) is 0.149. The van der Waals surface area contributed by atoms with Gasteiger partial charge in [-0.1, -0.05) is 0 Å². The number of esters is 1. The molecule has 1 amide bonds. The first-order chi connectivity index (χ1) is 15.9. The monoisotopic (exact) mass is 447 g/mol. The van der Waals surface area contributed by atoms with E-state index in [0.717, 1.165) is 18.6 Å². The van der Waals surface area contributed by atoms with Gasteiger partial charge in [-0.3, -0.25) is 9.59 Å². The fraction of sp³-hybridized carbons (Fsp3) is 0.292. The molecule has 0 radical (unpaired) electrons. The maximum atomic E-state index is 12.4. The molecule has 1 saturated heterocycles. The van der Waals surface area contributed by atoms with Crippen LogP contribution in [0.1, 0.15) is 25.3 Å². The second kappa shape index (κ2) is 9.63. The van der Waals surface area contributed by atoms with Gasteiger partial charge in [0.05, 0.1) is 6.42 Å². The molecule has 1 aromatic heterocycles. The number of hydrogen-bond acceptors (Lipinski definition) is 7. The summed E-state index contributed by atoms with van der Waals surface area (Å²) in [6.45, 7) is 4.16. The highest BCUT2D eigenvalue weighted by molar-refractivity contribution is 5.92. The minimum Gasteiger partial charge on any atom is -0.457 e. The molecule has 3 aromatic rings. The summed E-state index contributed by atoms with van der Waals surface area (Å²) in [5, 5.41) is 13.2. The number of aromatic amines is 1. The summed E-state index contributed by atoms with van der Waals surface area (Å²) in [4.78, 5) is 29.3. The number of nitrogens with zero attached hydrogens (tertiary/aromatic N) is 2. The number of fused-ring (bicyclic) bond motifs is 1. The molecule has 33 heavy (non-hydrogen) atoms. The van der Waals surface area contributed by atoms with Crippen LogP contribution in [0.15, 0.2) is 42.5 Å². The fourth-order valence-corrected chi connectivity index (χ4v) is 3.83. The molecule has 9 nitrogen and oxygen atoms in total. The van der Waals surface area contributed by atoms with Crippen molar-refractivity contribution in [2.75, 3.05) is 25.4 Å². The van der Waals surface area contributed by atoms with Crippen molar-refractivity contribution >= 4 is 28.6 Å². The lowest BCUT2D eigenvalue weighted by Crippen LogP contribution is -2.52. The van der Waals surface area contributed by atoms with E-state index in [4.69, 9.17) is 15.2 Å². The summed E-state index contributed by atoms with van der Waals surface area (Å²) in [7, 11) is 0. The van der Waals surface area contributed by atoms with Gasteiger partial charge in [0.2, 0.25) is 5.91 Å². The summed E-state index contributed by atoms with van der Waals surface area (Å²) in [5.41, 5.74) is 6.95. The minimum absolute atomic E-state index is 0.0226. The number of ether oxygens (including phenoxy) is 2. The Morgan fingerprint density at radius 1 is 1.15 bits per heavy atom. The number of rotatable bonds is 6. The van der Waals surface area contributed by atoms with Crippen molar-refractivity contribution in [2.24, 2.45) is 0 Å². The summed E-state index contributed by atoms with van der Waals surface area (Å²) in [5.74, 6) is 1.28. The van der Waals surface area contributed by atoms with E-state index < -0.39 is 5.97 Å². The number of benzene rings is 2. The third kappa shape index (κ3) is 5.07. The van der Waals surface area contributed by atoms with Crippen molar-refractivity contribution in [3.05, 3.63) is 48.0 Å². The number of nitrogen functional groups attached to an aromatic ring is 1. The van der Waals surface area contributed by atoms with Gasteiger partial charge in [0.15, 0.2) is 0 Å². The maximum Gasteiger partial charge on any atom is 0.311 e. The van der Waals surface area contributed by atoms with Crippen LogP contribution < -0.4 is 20.5 Å². The lowest BCUT2D eigenvalue weighted by molar-refractivity contribution is -0.140. The number of nitrogens with two attached hydrogens (primary N) is 1. The Balaban J connectivity index is 1.32. The molecule has 1 aliphatic heterocycles. The van der Waals surface area contributed by atoms with E-state index in [1.807, 2.05) is 6.92 Å². The third-order valence-corrected chi connectivity index (χ3v) is 5.57. The molecule has 4 N–H and O–H groups in total. The summed E-state index contributed by atoms with van der Waals surface area (Å²) < 4.78 is 11.2. The second-order valence-electron chi connectivity index (χ2n) is 7.92. The number of aromatic nitrogens is 1. The number of nitriles is 1. The molecule has 0 bridgehead atoms. The highest BCUT2D eigenvalue weighted by Crippen LogP contribution is 2.30. The van der Waals surface area contributed by atoms with Crippen LogP contribution in [0.2, 0.25) is 0 Å². The predicted octanol–water partition coefficient (Wildman–Crippen LogP) is 2.92. The van der Waals surface area contributed by atoms with Gasteiger partial charge in [-0.15, -0.1) is 0 Å². The van der Waals surface area contributed by atoms with Crippen LogP contribution >= 0.6 is 0 Å². The van der Waals surface area contributed by atoms with Crippen LogP contribution in [0.5, 0.6) is 17.2 Å². The Kier molecular flexibility index (Phi) is 6.47. The Hall–Kier alpha value is -4.03. The minimum atomic E-state index is -0.459. The van der Waals surface area contributed by atoms with Gasteiger partial charge in [-0.25, -0.2) is 0 Å². The van der Waals surface area contributed by atoms with Gasteiger partial charge in [0, 0.05) is 43.0 Å². The van der Waals surface area contributed by atoms with E-state index in [1.54, 1.807) is 47.4 Å². The second-order valence-corrected chi connectivity index (χ2v) is 7.92. The van der Waals surface area contributed by atoms with Gasteiger partial charge in [0.25, 0.3) is 0 Å². The fourth-order valence-electron chi connectivity index (χ4n) is 3.83. The third-order valence-electron chi connectivity index (χ3n) is 5.57. The van der Waals surface area contributed by atoms with E-state index in [2.05, 4.69) is 16.4 Å². The number of nitrogens with one attached hydrogen (secondary N) is 2. The van der Waals surface area contributed by atoms with Crippen LogP contribution in [0, 0.1) is 11.3 Å². The lowest BCUT2D eigenvalue weighted by atomic mass is 10.2. The van der Waals surface area contributed by atoms with E-state index in [1.165, 1.54) is 0 Å². The molecule has 4 rings (SSSR count). The molecule has 0 aliphatic carbocycles. The van der Waals surface area contributed by atoms with Crippen molar-refractivity contribution in [3.63, 3.8) is 0 Å². The van der Waals surface area contributed by atoms with Crippen molar-refractivity contribution in [1.29, 1.82) is 5.26 Å². The molecule has 1 unspecified atom stereocenters. The van der Waals surface area contributed by atoms with Crippen molar-refractivity contribution < 1.29 is 19.1 Å². The number of piperazine rings is 1. The number of amides is 1. The summed E-state index contributed by atoms with van der Waals surface area (Å²) in [6, 6.07) is 14.1. The smallest absolute Gasteiger partial charge is 0.311 e. The normalized spacial score (nSPS) is 15.8.